The summed E-state index contributed by atoms with van der Waals surface area (Å²) in [4.78, 5) is 4.02. The minimum atomic E-state index is 0.318. The van der Waals surface area contributed by atoms with Gasteiger partial charge in [-0.3, -0.25) is 4.98 Å². The van der Waals surface area contributed by atoms with Crippen molar-refractivity contribution in [2.75, 3.05) is 0 Å². The molecule has 0 atom stereocenters. The standard InChI is InChI=1S/C14H12ClN5/c15-11-2-1-3-12(8-11)20-14(13(9-16)18-19-20)10-4-6-17-7-5-10/h1-8H,9,16H2. The highest BCUT2D eigenvalue weighted by Gasteiger charge is 2.15. The molecule has 2 N–H and O–H groups in total. The van der Waals surface area contributed by atoms with Crippen LogP contribution < -0.4 is 5.73 Å². The van der Waals surface area contributed by atoms with Gasteiger partial charge in [0, 0.05) is 29.5 Å². The molecule has 2 aromatic heterocycles. The molecule has 20 heavy (non-hydrogen) atoms. The second-order valence-electron chi connectivity index (χ2n) is 4.22. The van der Waals surface area contributed by atoms with Crippen molar-refractivity contribution in [2.24, 2.45) is 5.73 Å². The van der Waals surface area contributed by atoms with Crippen LogP contribution in [0.2, 0.25) is 5.02 Å². The second-order valence-corrected chi connectivity index (χ2v) is 4.65. The van der Waals surface area contributed by atoms with Crippen LogP contribution in [-0.4, -0.2) is 20.0 Å². The van der Waals surface area contributed by atoms with Gasteiger partial charge in [0.15, 0.2) is 0 Å². The van der Waals surface area contributed by atoms with E-state index < -0.39 is 0 Å². The lowest BCUT2D eigenvalue weighted by Gasteiger charge is -2.08. The van der Waals surface area contributed by atoms with Crippen molar-refractivity contribution in [2.45, 2.75) is 6.54 Å². The van der Waals surface area contributed by atoms with Crippen molar-refractivity contribution in [1.29, 1.82) is 0 Å². The monoisotopic (exact) mass is 285 g/mol. The molecule has 0 saturated carbocycles. The van der Waals surface area contributed by atoms with Crippen molar-refractivity contribution >= 4 is 11.6 Å². The number of rotatable bonds is 3. The SMILES string of the molecule is NCc1nnn(-c2cccc(Cl)c2)c1-c1ccncc1. The molecule has 0 radical (unpaired) electrons. The first-order valence-corrected chi connectivity index (χ1v) is 6.48. The number of hydrogen-bond donors (Lipinski definition) is 1. The Morgan fingerprint density at radius 3 is 2.65 bits per heavy atom. The van der Waals surface area contributed by atoms with Crippen LogP contribution in [0.25, 0.3) is 16.9 Å². The van der Waals surface area contributed by atoms with Crippen LogP contribution in [0.5, 0.6) is 0 Å². The normalized spacial score (nSPS) is 10.7. The average molecular weight is 286 g/mol. The molecule has 0 saturated heterocycles. The molecule has 3 aromatic rings. The molecule has 100 valence electrons. The van der Waals surface area contributed by atoms with E-state index in [0.29, 0.717) is 11.6 Å². The zero-order valence-electron chi connectivity index (χ0n) is 10.6. The largest absolute Gasteiger partial charge is 0.325 e. The first kappa shape index (κ1) is 12.8. The molecule has 2 heterocycles. The van der Waals surface area contributed by atoms with Crippen LogP contribution in [0.3, 0.4) is 0 Å². The fraction of sp³-hybridized carbons (Fsp3) is 0.0714. The maximum atomic E-state index is 6.04. The first-order valence-electron chi connectivity index (χ1n) is 6.10. The van der Waals surface area contributed by atoms with Crippen molar-refractivity contribution < 1.29 is 0 Å². The van der Waals surface area contributed by atoms with Crippen LogP contribution in [0.4, 0.5) is 0 Å². The molecular weight excluding hydrogens is 274 g/mol. The molecular formula is C14H12ClN5. The van der Waals surface area contributed by atoms with Gasteiger partial charge in [0.05, 0.1) is 11.4 Å². The molecule has 0 unspecified atom stereocenters. The van der Waals surface area contributed by atoms with E-state index in [1.54, 1.807) is 17.1 Å². The van der Waals surface area contributed by atoms with Gasteiger partial charge >= 0.3 is 0 Å². The Morgan fingerprint density at radius 2 is 1.95 bits per heavy atom. The highest BCUT2D eigenvalue weighted by atomic mass is 35.5. The predicted octanol–water partition coefficient (Wildman–Crippen LogP) is 2.44. The van der Waals surface area contributed by atoms with Gasteiger partial charge in [0.1, 0.15) is 5.69 Å². The highest BCUT2D eigenvalue weighted by Crippen LogP contribution is 2.25. The fourth-order valence-electron chi connectivity index (χ4n) is 2.04. The first-order chi connectivity index (χ1) is 9.79. The molecule has 0 bridgehead atoms. The van der Waals surface area contributed by atoms with Gasteiger partial charge in [-0.2, -0.15) is 0 Å². The van der Waals surface area contributed by atoms with E-state index in [0.717, 1.165) is 22.6 Å². The maximum absolute atomic E-state index is 6.04. The Hall–Kier alpha value is -2.24. The van der Waals surface area contributed by atoms with E-state index in [1.165, 1.54) is 0 Å². The zero-order valence-corrected chi connectivity index (χ0v) is 11.3. The van der Waals surface area contributed by atoms with E-state index >= 15 is 0 Å². The van der Waals surface area contributed by atoms with Crippen LogP contribution in [0, 0.1) is 0 Å². The summed E-state index contributed by atoms with van der Waals surface area (Å²) in [5.74, 6) is 0. The van der Waals surface area contributed by atoms with Crippen LogP contribution in [0.15, 0.2) is 48.8 Å². The van der Waals surface area contributed by atoms with E-state index in [4.69, 9.17) is 17.3 Å². The van der Waals surface area contributed by atoms with Crippen molar-refractivity contribution in [1.82, 2.24) is 20.0 Å². The van der Waals surface area contributed by atoms with Gasteiger partial charge < -0.3 is 5.73 Å². The molecule has 0 spiro atoms. The van der Waals surface area contributed by atoms with Gasteiger partial charge in [-0.15, -0.1) is 5.10 Å². The van der Waals surface area contributed by atoms with Gasteiger partial charge in [-0.25, -0.2) is 4.68 Å². The number of nitrogens with zero attached hydrogens (tertiary/aromatic N) is 4. The number of nitrogens with two attached hydrogens (primary N) is 1. The number of hydrogen-bond acceptors (Lipinski definition) is 4. The Bertz CT molecular complexity index is 723. The third-order valence-corrected chi connectivity index (χ3v) is 3.17. The van der Waals surface area contributed by atoms with E-state index in [1.807, 2.05) is 36.4 Å². The molecule has 0 aliphatic rings. The predicted molar refractivity (Wildman–Crippen MR) is 77.5 cm³/mol. The average Bonchev–Trinajstić information content (AvgIpc) is 2.92. The quantitative estimate of drug-likeness (QED) is 0.802. The summed E-state index contributed by atoms with van der Waals surface area (Å²) in [6.45, 7) is 0.318. The molecule has 0 aliphatic heterocycles. The summed E-state index contributed by atoms with van der Waals surface area (Å²) in [6, 6.07) is 11.3. The van der Waals surface area contributed by atoms with Crippen molar-refractivity contribution in [3.8, 4) is 16.9 Å². The zero-order chi connectivity index (χ0) is 13.9. The molecule has 0 amide bonds. The van der Waals surface area contributed by atoms with Gasteiger partial charge in [-0.1, -0.05) is 22.9 Å². The van der Waals surface area contributed by atoms with Crippen LogP contribution >= 0.6 is 11.6 Å². The minimum absolute atomic E-state index is 0.318. The highest BCUT2D eigenvalue weighted by molar-refractivity contribution is 6.30. The molecule has 0 aliphatic carbocycles. The summed E-state index contributed by atoms with van der Waals surface area (Å²) < 4.78 is 1.74. The lowest BCUT2D eigenvalue weighted by Crippen LogP contribution is -2.02. The summed E-state index contributed by atoms with van der Waals surface area (Å²) in [5, 5.41) is 8.97. The molecule has 0 fully saturated rings. The van der Waals surface area contributed by atoms with Gasteiger partial charge in [0.2, 0.25) is 0 Å². The Balaban J connectivity index is 2.20. The topological polar surface area (TPSA) is 69.6 Å². The maximum Gasteiger partial charge on any atom is 0.105 e. The Labute approximate surface area is 121 Å². The second kappa shape index (κ2) is 5.40. The van der Waals surface area contributed by atoms with E-state index in [-0.39, 0.29) is 0 Å². The molecule has 5 nitrogen and oxygen atoms in total. The minimum Gasteiger partial charge on any atom is -0.325 e. The Kier molecular flexibility index (Phi) is 3.45. The lowest BCUT2D eigenvalue weighted by atomic mass is 10.1. The number of halogens is 1. The number of aromatic nitrogens is 4. The van der Waals surface area contributed by atoms with Gasteiger partial charge in [-0.05, 0) is 30.3 Å². The fourth-order valence-corrected chi connectivity index (χ4v) is 2.22. The molecule has 3 rings (SSSR count). The Morgan fingerprint density at radius 1 is 1.15 bits per heavy atom. The lowest BCUT2D eigenvalue weighted by molar-refractivity contribution is 0.800. The summed E-state index contributed by atoms with van der Waals surface area (Å²) >= 11 is 6.04. The van der Waals surface area contributed by atoms with Crippen LogP contribution in [-0.2, 0) is 6.54 Å². The number of benzene rings is 1. The molecule has 6 heteroatoms. The smallest absolute Gasteiger partial charge is 0.105 e. The molecule has 1 aromatic carbocycles. The van der Waals surface area contributed by atoms with Gasteiger partial charge in [0.25, 0.3) is 0 Å². The summed E-state index contributed by atoms with van der Waals surface area (Å²) in [7, 11) is 0. The van der Waals surface area contributed by atoms with E-state index in [9.17, 15) is 0 Å². The third-order valence-electron chi connectivity index (χ3n) is 2.94. The summed E-state index contributed by atoms with van der Waals surface area (Å²) in [5.41, 5.74) is 9.15. The summed E-state index contributed by atoms with van der Waals surface area (Å²) in [6.07, 6.45) is 3.45. The third kappa shape index (κ3) is 2.29. The van der Waals surface area contributed by atoms with Crippen LogP contribution in [0.1, 0.15) is 5.69 Å². The van der Waals surface area contributed by atoms with Crippen molar-refractivity contribution in [3.63, 3.8) is 0 Å². The van der Waals surface area contributed by atoms with E-state index in [2.05, 4.69) is 15.3 Å². The van der Waals surface area contributed by atoms with Crippen molar-refractivity contribution in [3.05, 3.63) is 59.5 Å². The number of pyridine rings is 1.